The van der Waals surface area contributed by atoms with Crippen LogP contribution in [0, 0.1) is 5.92 Å². The van der Waals surface area contributed by atoms with Crippen molar-refractivity contribution in [1.29, 1.82) is 0 Å². The van der Waals surface area contributed by atoms with E-state index in [1.54, 1.807) is 18.2 Å². The topological polar surface area (TPSA) is 114 Å². The molecule has 8 nitrogen and oxygen atoms in total. The maximum absolute atomic E-state index is 12.1. The van der Waals surface area contributed by atoms with Gasteiger partial charge in [0.1, 0.15) is 0 Å². The van der Waals surface area contributed by atoms with Gasteiger partial charge in [-0.3, -0.25) is 14.4 Å². The van der Waals surface area contributed by atoms with Crippen molar-refractivity contribution >= 4 is 17.8 Å². The lowest BCUT2D eigenvalue weighted by Crippen LogP contribution is -2.41. The number of hydrogen-bond donors (Lipinski definition) is 3. The van der Waals surface area contributed by atoms with Gasteiger partial charge in [0.2, 0.25) is 12.7 Å². The monoisotopic (exact) mass is 334 g/mol. The fraction of sp³-hybridized carbons (Fsp3) is 0.438. The molecule has 3 rings (SSSR count). The Morgan fingerprint density at radius 2 is 1.96 bits per heavy atom. The highest BCUT2D eigenvalue weighted by Gasteiger charge is 2.30. The Morgan fingerprint density at radius 1 is 1.17 bits per heavy atom. The van der Waals surface area contributed by atoms with E-state index < -0.39 is 17.8 Å². The van der Waals surface area contributed by atoms with E-state index in [9.17, 15) is 14.4 Å². The normalized spacial score (nSPS) is 21.3. The molecule has 8 heteroatoms. The van der Waals surface area contributed by atoms with Crippen molar-refractivity contribution in [3.8, 4) is 11.5 Å². The minimum atomic E-state index is -0.831. The molecule has 0 unspecified atom stereocenters. The molecular formula is C16H18N2O6. The van der Waals surface area contributed by atoms with E-state index in [0.29, 0.717) is 36.3 Å². The average molecular weight is 334 g/mol. The van der Waals surface area contributed by atoms with Gasteiger partial charge in [-0.05, 0) is 37.5 Å². The van der Waals surface area contributed by atoms with Crippen LogP contribution in [0.25, 0.3) is 0 Å². The summed E-state index contributed by atoms with van der Waals surface area (Å²) in [7, 11) is 0. The largest absolute Gasteiger partial charge is 0.481 e. The number of hydrogen-bond acceptors (Lipinski definition) is 5. The summed E-state index contributed by atoms with van der Waals surface area (Å²) in [5.41, 5.74) is 0.374. The summed E-state index contributed by atoms with van der Waals surface area (Å²) in [5, 5.41) is 14.2. The van der Waals surface area contributed by atoms with Crippen LogP contribution in [0.4, 0.5) is 0 Å². The van der Waals surface area contributed by atoms with Gasteiger partial charge in [-0.25, -0.2) is 0 Å². The first kappa shape index (κ1) is 16.1. The predicted molar refractivity (Wildman–Crippen MR) is 81.8 cm³/mol. The number of amides is 2. The number of fused-ring (bicyclic) bond motifs is 1. The molecule has 0 radical (unpaired) electrons. The van der Waals surface area contributed by atoms with Crippen molar-refractivity contribution in [3.05, 3.63) is 23.8 Å². The van der Waals surface area contributed by atoms with E-state index in [4.69, 9.17) is 14.6 Å². The van der Waals surface area contributed by atoms with Gasteiger partial charge >= 0.3 is 5.97 Å². The molecule has 1 saturated carbocycles. The van der Waals surface area contributed by atoms with E-state index in [0.717, 1.165) is 0 Å². The Hall–Kier alpha value is -2.77. The number of nitrogens with one attached hydrogen (secondary N) is 2. The van der Waals surface area contributed by atoms with Crippen LogP contribution in [0.5, 0.6) is 11.5 Å². The molecule has 2 atom stereocenters. The van der Waals surface area contributed by atoms with Crippen LogP contribution >= 0.6 is 0 Å². The van der Waals surface area contributed by atoms with Gasteiger partial charge in [0, 0.05) is 11.6 Å². The van der Waals surface area contributed by atoms with Gasteiger partial charge in [-0.1, -0.05) is 0 Å². The zero-order chi connectivity index (χ0) is 17.1. The van der Waals surface area contributed by atoms with E-state index in [1.165, 1.54) is 0 Å². The van der Waals surface area contributed by atoms with Gasteiger partial charge in [0.05, 0.1) is 12.5 Å². The van der Waals surface area contributed by atoms with Crippen LogP contribution in [0.1, 0.15) is 29.6 Å². The Morgan fingerprint density at radius 3 is 2.71 bits per heavy atom. The van der Waals surface area contributed by atoms with Crippen LogP contribution in [-0.2, 0) is 9.59 Å². The van der Waals surface area contributed by atoms with Gasteiger partial charge in [0.15, 0.2) is 11.5 Å². The van der Waals surface area contributed by atoms with Gasteiger partial charge in [0.25, 0.3) is 5.91 Å². The molecule has 0 aromatic heterocycles. The van der Waals surface area contributed by atoms with Crippen molar-refractivity contribution in [2.45, 2.75) is 25.3 Å². The molecule has 2 aliphatic rings. The Labute approximate surface area is 138 Å². The number of carbonyl (C=O) groups is 3. The minimum Gasteiger partial charge on any atom is -0.481 e. The first-order valence-electron chi connectivity index (χ1n) is 7.73. The van der Waals surface area contributed by atoms with Crippen LogP contribution in [0.2, 0.25) is 0 Å². The SMILES string of the molecule is O=C(CNC(=O)c1ccc2c(c1)OCO2)N[C@H]1CC[C@@H](C(=O)O)C1. The lowest BCUT2D eigenvalue weighted by molar-refractivity contribution is -0.141. The molecular weight excluding hydrogens is 316 g/mol. The van der Waals surface area contributed by atoms with Crippen molar-refractivity contribution in [3.63, 3.8) is 0 Å². The zero-order valence-electron chi connectivity index (χ0n) is 12.9. The molecule has 1 aliphatic carbocycles. The van der Waals surface area contributed by atoms with Gasteiger partial charge < -0.3 is 25.2 Å². The minimum absolute atomic E-state index is 0.127. The third kappa shape index (κ3) is 3.58. The molecule has 2 amide bonds. The number of rotatable bonds is 5. The summed E-state index contributed by atoms with van der Waals surface area (Å²) in [6.07, 6.45) is 1.62. The maximum Gasteiger partial charge on any atom is 0.306 e. The van der Waals surface area contributed by atoms with Gasteiger partial charge in [-0.2, -0.15) is 0 Å². The summed E-state index contributed by atoms with van der Waals surface area (Å²) in [4.78, 5) is 34.8. The first-order chi connectivity index (χ1) is 11.5. The Bertz CT molecular complexity index is 675. The first-order valence-corrected chi connectivity index (χ1v) is 7.73. The third-order valence-corrected chi connectivity index (χ3v) is 4.19. The van der Waals surface area contributed by atoms with Crippen LogP contribution in [0.15, 0.2) is 18.2 Å². The van der Waals surface area contributed by atoms with Crippen molar-refractivity contribution in [2.75, 3.05) is 13.3 Å². The number of carboxylic acid groups (broad SMARTS) is 1. The van der Waals surface area contributed by atoms with E-state index in [-0.39, 0.29) is 25.3 Å². The number of aliphatic carboxylic acids is 1. The van der Waals surface area contributed by atoms with Crippen LogP contribution < -0.4 is 20.1 Å². The second-order valence-electron chi connectivity index (χ2n) is 5.86. The second-order valence-corrected chi connectivity index (χ2v) is 5.86. The van der Waals surface area contributed by atoms with E-state index in [1.807, 2.05) is 0 Å². The molecule has 0 bridgehead atoms. The van der Waals surface area contributed by atoms with Crippen LogP contribution in [0.3, 0.4) is 0 Å². The standard InChI is InChI=1S/C16H18N2O6/c19-14(18-11-3-1-10(5-11)16(21)22)7-17-15(20)9-2-4-12-13(6-9)24-8-23-12/h2,4,6,10-11H,1,3,5,7-8H2,(H,17,20)(H,18,19)(H,21,22)/t10-,11+/m1/s1. The summed E-state index contributed by atoms with van der Waals surface area (Å²) < 4.78 is 10.4. The van der Waals surface area contributed by atoms with E-state index >= 15 is 0 Å². The van der Waals surface area contributed by atoms with E-state index in [2.05, 4.69) is 10.6 Å². The lowest BCUT2D eigenvalue weighted by atomic mass is 10.1. The highest BCUT2D eigenvalue weighted by Crippen LogP contribution is 2.32. The lowest BCUT2D eigenvalue weighted by Gasteiger charge is -2.13. The van der Waals surface area contributed by atoms with Gasteiger partial charge in [-0.15, -0.1) is 0 Å². The number of carbonyl (C=O) groups excluding carboxylic acids is 2. The van der Waals surface area contributed by atoms with Crippen LogP contribution in [-0.4, -0.2) is 42.3 Å². The highest BCUT2D eigenvalue weighted by atomic mass is 16.7. The number of benzene rings is 1. The molecule has 1 fully saturated rings. The fourth-order valence-electron chi connectivity index (χ4n) is 2.92. The second kappa shape index (κ2) is 6.77. The summed E-state index contributed by atoms with van der Waals surface area (Å²) in [6.45, 7) is -0.0386. The Balaban J connectivity index is 1.46. The molecule has 24 heavy (non-hydrogen) atoms. The van der Waals surface area contributed by atoms with Crippen molar-refractivity contribution in [2.24, 2.45) is 5.92 Å². The smallest absolute Gasteiger partial charge is 0.306 e. The molecule has 128 valence electrons. The average Bonchev–Trinajstić information content (AvgIpc) is 3.20. The van der Waals surface area contributed by atoms with Crippen molar-refractivity contribution in [1.82, 2.24) is 10.6 Å². The number of ether oxygens (including phenoxy) is 2. The molecule has 1 aromatic rings. The molecule has 1 aliphatic heterocycles. The fourth-order valence-corrected chi connectivity index (χ4v) is 2.92. The number of carboxylic acids is 1. The third-order valence-electron chi connectivity index (χ3n) is 4.19. The Kier molecular flexibility index (Phi) is 4.54. The zero-order valence-corrected chi connectivity index (χ0v) is 12.9. The quantitative estimate of drug-likeness (QED) is 0.723. The predicted octanol–water partition coefficient (Wildman–Crippen LogP) is 0.515. The summed E-state index contributed by atoms with van der Waals surface area (Å²) >= 11 is 0. The molecule has 3 N–H and O–H groups in total. The maximum atomic E-state index is 12.1. The molecule has 0 spiro atoms. The van der Waals surface area contributed by atoms with Crippen molar-refractivity contribution < 1.29 is 29.0 Å². The highest BCUT2D eigenvalue weighted by molar-refractivity contribution is 5.97. The molecule has 0 saturated heterocycles. The molecule has 1 heterocycles. The summed E-state index contributed by atoms with van der Waals surface area (Å²) in [6, 6.07) is 4.64. The molecule has 1 aromatic carbocycles. The summed E-state index contributed by atoms with van der Waals surface area (Å²) in [5.74, 6) is -0.879.